The van der Waals surface area contributed by atoms with E-state index in [2.05, 4.69) is 32.2 Å². The highest BCUT2D eigenvalue weighted by Crippen LogP contribution is 2.23. The molecule has 1 aliphatic carbocycles. The molecular weight excluding hydrogens is 210 g/mol. The summed E-state index contributed by atoms with van der Waals surface area (Å²) >= 11 is 0. The van der Waals surface area contributed by atoms with Gasteiger partial charge >= 0.3 is 0 Å². The van der Waals surface area contributed by atoms with Gasteiger partial charge in [0.2, 0.25) is 0 Å². The molecule has 0 saturated heterocycles. The zero-order chi connectivity index (χ0) is 12.5. The molecule has 1 N–H and O–H groups in total. The number of carbonyl (C=O) groups is 1. The monoisotopic (exact) mass is 231 g/mol. The van der Waals surface area contributed by atoms with Gasteiger partial charge in [-0.05, 0) is 42.4 Å². The molecule has 0 unspecified atom stereocenters. The Balaban J connectivity index is 2.12. The highest BCUT2D eigenvalue weighted by molar-refractivity contribution is 5.94. The van der Waals surface area contributed by atoms with Gasteiger partial charge < -0.3 is 5.32 Å². The number of nitrogens with one attached hydrogen (secondary N) is 1. The lowest BCUT2D eigenvalue weighted by Crippen LogP contribution is -2.39. The van der Waals surface area contributed by atoms with Crippen LogP contribution in [-0.2, 0) is 5.41 Å². The second-order valence-electron chi connectivity index (χ2n) is 5.93. The van der Waals surface area contributed by atoms with Crippen molar-refractivity contribution < 1.29 is 4.79 Å². The summed E-state index contributed by atoms with van der Waals surface area (Å²) < 4.78 is 0. The van der Waals surface area contributed by atoms with Gasteiger partial charge in [0.25, 0.3) is 5.91 Å². The molecule has 1 aromatic rings. The minimum Gasteiger partial charge on any atom is -0.349 e. The fraction of sp³-hybridized carbons (Fsp3) is 0.533. The molecule has 1 saturated carbocycles. The SMILES string of the molecule is CC(C)(C)c1cccc(C(=O)NC2CCC2)c1. The molecule has 0 aliphatic heterocycles. The molecule has 0 bridgehead atoms. The van der Waals surface area contributed by atoms with E-state index in [1.54, 1.807) is 0 Å². The van der Waals surface area contributed by atoms with Crippen LogP contribution in [0.5, 0.6) is 0 Å². The lowest BCUT2D eigenvalue weighted by Gasteiger charge is -2.26. The minimum atomic E-state index is 0.0702. The van der Waals surface area contributed by atoms with Crippen LogP contribution in [-0.4, -0.2) is 11.9 Å². The maximum absolute atomic E-state index is 12.0. The van der Waals surface area contributed by atoms with Gasteiger partial charge in [-0.15, -0.1) is 0 Å². The molecule has 92 valence electrons. The van der Waals surface area contributed by atoms with E-state index in [9.17, 15) is 4.79 Å². The van der Waals surface area contributed by atoms with E-state index >= 15 is 0 Å². The van der Waals surface area contributed by atoms with Crippen LogP contribution in [0.25, 0.3) is 0 Å². The third-order valence-corrected chi connectivity index (χ3v) is 3.43. The first-order valence-corrected chi connectivity index (χ1v) is 6.38. The predicted octanol–water partition coefficient (Wildman–Crippen LogP) is 3.27. The first-order chi connectivity index (χ1) is 7.97. The van der Waals surface area contributed by atoms with Crippen LogP contribution in [0.15, 0.2) is 24.3 Å². The second kappa shape index (κ2) is 4.52. The molecule has 17 heavy (non-hydrogen) atoms. The number of hydrogen-bond acceptors (Lipinski definition) is 1. The van der Waals surface area contributed by atoms with Gasteiger partial charge in [0, 0.05) is 11.6 Å². The molecule has 2 nitrogen and oxygen atoms in total. The minimum absolute atomic E-state index is 0.0702. The lowest BCUT2D eigenvalue weighted by atomic mass is 9.86. The molecule has 0 heterocycles. The summed E-state index contributed by atoms with van der Waals surface area (Å²) in [7, 11) is 0. The summed E-state index contributed by atoms with van der Waals surface area (Å²) in [5.41, 5.74) is 2.08. The Kier molecular flexibility index (Phi) is 3.23. The van der Waals surface area contributed by atoms with Crippen LogP contribution in [0.1, 0.15) is 56.0 Å². The Bertz CT molecular complexity index is 413. The van der Waals surface area contributed by atoms with Crippen molar-refractivity contribution in [2.45, 2.75) is 51.5 Å². The number of hydrogen-bond donors (Lipinski definition) is 1. The Morgan fingerprint density at radius 2 is 2.00 bits per heavy atom. The van der Waals surface area contributed by atoms with Gasteiger partial charge in [0.05, 0.1) is 0 Å². The van der Waals surface area contributed by atoms with Gasteiger partial charge in [0.1, 0.15) is 0 Å². The quantitative estimate of drug-likeness (QED) is 0.831. The van der Waals surface area contributed by atoms with Crippen molar-refractivity contribution in [1.29, 1.82) is 0 Å². The fourth-order valence-electron chi connectivity index (χ4n) is 1.95. The number of carbonyl (C=O) groups excluding carboxylic acids is 1. The number of benzene rings is 1. The smallest absolute Gasteiger partial charge is 0.251 e. The van der Waals surface area contributed by atoms with E-state index in [0.717, 1.165) is 18.4 Å². The molecule has 1 aliphatic rings. The van der Waals surface area contributed by atoms with E-state index in [0.29, 0.717) is 6.04 Å². The first kappa shape index (κ1) is 12.2. The van der Waals surface area contributed by atoms with E-state index < -0.39 is 0 Å². The van der Waals surface area contributed by atoms with E-state index in [-0.39, 0.29) is 11.3 Å². The van der Waals surface area contributed by atoms with Crippen molar-refractivity contribution >= 4 is 5.91 Å². The largest absolute Gasteiger partial charge is 0.349 e. The molecule has 1 aromatic carbocycles. The average Bonchev–Trinajstić information content (AvgIpc) is 2.22. The third kappa shape index (κ3) is 2.87. The molecule has 2 heteroatoms. The molecule has 0 atom stereocenters. The molecule has 1 fully saturated rings. The first-order valence-electron chi connectivity index (χ1n) is 6.38. The molecule has 1 amide bonds. The molecule has 0 radical (unpaired) electrons. The summed E-state index contributed by atoms with van der Waals surface area (Å²) in [4.78, 5) is 12.0. The summed E-state index contributed by atoms with van der Waals surface area (Å²) in [5, 5.41) is 3.07. The van der Waals surface area contributed by atoms with Crippen molar-refractivity contribution in [2.24, 2.45) is 0 Å². The Morgan fingerprint density at radius 1 is 1.29 bits per heavy atom. The normalized spacial score (nSPS) is 16.4. The van der Waals surface area contributed by atoms with Crippen LogP contribution < -0.4 is 5.32 Å². The van der Waals surface area contributed by atoms with Gasteiger partial charge in [0.15, 0.2) is 0 Å². The predicted molar refractivity (Wildman–Crippen MR) is 70.2 cm³/mol. The van der Waals surface area contributed by atoms with Gasteiger partial charge in [-0.3, -0.25) is 4.79 Å². The Hall–Kier alpha value is -1.31. The average molecular weight is 231 g/mol. The van der Waals surface area contributed by atoms with Crippen LogP contribution in [0.3, 0.4) is 0 Å². The van der Waals surface area contributed by atoms with Crippen molar-refractivity contribution in [3.63, 3.8) is 0 Å². The number of rotatable bonds is 2. The van der Waals surface area contributed by atoms with Crippen LogP contribution in [0.2, 0.25) is 0 Å². The summed E-state index contributed by atoms with van der Waals surface area (Å²) in [6.45, 7) is 6.49. The number of amides is 1. The zero-order valence-electron chi connectivity index (χ0n) is 10.9. The van der Waals surface area contributed by atoms with E-state index in [1.165, 1.54) is 12.0 Å². The van der Waals surface area contributed by atoms with Crippen molar-refractivity contribution in [2.75, 3.05) is 0 Å². The van der Waals surface area contributed by atoms with Gasteiger partial charge in [-0.2, -0.15) is 0 Å². The van der Waals surface area contributed by atoms with Crippen LogP contribution in [0, 0.1) is 0 Å². The standard InChI is InChI=1S/C15H21NO/c1-15(2,3)12-7-4-6-11(10-12)14(17)16-13-8-5-9-13/h4,6-7,10,13H,5,8-9H2,1-3H3,(H,16,17). The van der Waals surface area contributed by atoms with Crippen molar-refractivity contribution in [1.82, 2.24) is 5.32 Å². The van der Waals surface area contributed by atoms with Crippen LogP contribution >= 0.6 is 0 Å². The van der Waals surface area contributed by atoms with Crippen LogP contribution in [0.4, 0.5) is 0 Å². The maximum atomic E-state index is 12.0. The topological polar surface area (TPSA) is 29.1 Å². The molecule has 2 rings (SSSR count). The van der Waals surface area contributed by atoms with Gasteiger partial charge in [-0.25, -0.2) is 0 Å². The zero-order valence-corrected chi connectivity index (χ0v) is 10.9. The van der Waals surface area contributed by atoms with Gasteiger partial charge in [-0.1, -0.05) is 32.9 Å². The summed E-state index contributed by atoms with van der Waals surface area (Å²) in [5.74, 6) is 0.0702. The lowest BCUT2D eigenvalue weighted by molar-refractivity contribution is 0.0917. The highest BCUT2D eigenvalue weighted by atomic mass is 16.1. The fourth-order valence-corrected chi connectivity index (χ4v) is 1.95. The molecule has 0 spiro atoms. The highest BCUT2D eigenvalue weighted by Gasteiger charge is 2.21. The maximum Gasteiger partial charge on any atom is 0.251 e. The summed E-state index contributed by atoms with van der Waals surface area (Å²) in [6.07, 6.45) is 3.50. The Morgan fingerprint density at radius 3 is 2.53 bits per heavy atom. The third-order valence-electron chi connectivity index (χ3n) is 3.43. The Labute approximate surface area is 103 Å². The second-order valence-corrected chi connectivity index (χ2v) is 5.93. The van der Waals surface area contributed by atoms with E-state index in [4.69, 9.17) is 0 Å². The summed E-state index contributed by atoms with van der Waals surface area (Å²) in [6, 6.07) is 8.36. The molecular formula is C15H21NO. The molecule has 0 aromatic heterocycles. The van der Waals surface area contributed by atoms with Crippen molar-refractivity contribution in [3.8, 4) is 0 Å². The van der Waals surface area contributed by atoms with Crippen molar-refractivity contribution in [3.05, 3.63) is 35.4 Å². The van der Waals surface area contributed by atoms with E-state index in [1.807, 2.05) is 18.2 Å².